The Bertz CT molecular complexity index is 368. The third-order valence-corrected chi connectivity index (χ3v) is 2.50. The normalized spacial score (nSPS) is 14.1. The smallest absolute Gasteiger partial charge is 0.358 e. The van der Waals surface area contributed by atoms with Crippen molar-refractivity contribution in [2.45, 2.75) is 26.2 Å². The Labute approximate surface area is 81.9 Å². The van der Waals surface area contributed by atoms with Crippen molar-refractivity contribution in [1.29, 1.82) is 0 Å². The Balaban J connectivity index is 2.32. The number of fused-ring (bicyclic) bond motifs is 1. The first kappa shape index (κ1) is 9.12. The van der Waals surface area contributed by atoms with Gasteiger partial charge in [0.15, 0.2) is 11.4 Å². The number of H-pyrrole nitrogens is 1. The highest BCUT2D eigenvalue weighted by Gasteiger charge is 2.25. The van der Waals surface area contributed by atoms with Crippen molar-refractivity contribution in [2.75, 3.05) is 6.61 Å². The van der Waals surface area contributed by atoms with E-state index in [0.29, 0.717) is 6.61 Å². The minimum absolute atomic E-state index is 0.0796. The molecule has 0 bridgehead atoms. The van der Waals surface area contributed by atoms with Crippen LogP contribution in [0.15, 0.2) is 0 Å². The van der Waals surface area contributed by atoms with Crippen LogP contribution >= 0.6 is 0 Å². The second kappa shape index (κ2) is 3.36. The van der Waals surface area contributed by atoms with E-state index in [1.807, 2.05) is 0 Å². The summed E-state index contributed by atoms with van der Waals surface area (Å²) in [7, 11) is 0. The number of aromatic nitrogens is 1. The molecular formula is C10H13NO3. The molecule has 0 unspecified atom stereocenters. The van der Waals surface area contributed by atoms with Crippen LogP contribution in [0.2, 0.25) is 0 Å². The van der Waals surface area contributed by atoms with E-state index in [1.165, 1.54) is 0 Å². The maximum Gasteiger partial charge on any atom is 0.358 e. The molecule has 0 saturated carbocycles. The second-order valence-corrected chi connectivity index (χ2v) is 3.38. The maximum atomic E-state index is 11.4. The molecule has 14 heavy (non-hydrogen) atoms. The predicted octanol–water partition coefficient (Wildman–Crippen LogP) is 1.39. The van der Waals surface area contributed by atoms with Crippen LogP contribution in [0, 0.1) is 0 Å². The zero-order valence-corrected chi connectivity index (χ0v) is 8.09. The highest BCUT2D eigenvalue weighted by atomic mass is 16.5. The van der Waals surface area contributed by atoms with Crippen LogP contribution in [0.3, 0.4) is 0 Å². The third kappa shape index (κ3) is 1.27. The van der Waals surface area contributed by atoms with Gasteiger partial charge in [-0.2, -0.15) is 0 Å². The van der Waals surface area contributed by atoms with Gasteiger partial charge in [-0.3, -0.25) is 0 Å². The van der Waals surface area contributed by atoms with Gasteiger partial charge in [-0.15, -0.1) is 0 Å². The largest absolute Gasteiger partial charge is 0.505 e. The van der Waals surface area contributed by atoms with Gasteiger partial charge in [0, 0.05) is 11.3 Å². The minimum Gasteiger partial charge on any atom is -0.505 e. The summed E-state index contributed by atoms with van der Waals surface area (Å²) in [5.74, 6) is -0.393. The fraction of sp³-hybridized carbons (Fsp3) is 0.500. The van der Waals surface area contributed by atoms with Crippen molar-refractivity contribution in [3.05, 3.63) is 17.0 Å². The minimum atomic E-state index is -0.473. The molecule has 4 nitrogen and oxygen atoms in total. The van der Waals surface area contributed by atoms with Crippen LogP contribution < -0.4 is 0 Å². The van der Waals surface area contributed by atoms with E-state index in [0.717, 1.165) is 30.5 Å². The number of carbonyl (C=O) groups is 1. The molecule has 2 rings (SSSR count). The zero-order chi connectivity index (χ0) is 10.1. The molecule has 0 atom stereocenters. The molecule has 0 aliphatic heterocycles. The summed E-state index contributed by atoms with van der Waals surface area (Å²) in [6, 6.07) is 0. The molecule has 0 radical (unpaired) electrons. The molecule has 0 saturated heterocycles. The SMILES string of the molecule is CCOC(=O)c1[nH]c2c(c1O)CCC2. The molecule has 1 heterocycles. The van der Waals surface area contributed by atoms with Crippen LogP contribution in [-0.4, -0.2) is 22.7 Å². The summed E-state index contributed by atoms with van der Waals surface area (Å²) in [5.41, 5.74) is 2.06. The zero-order valence-electron chi connectivity index (χ0n) is 8.09. The van der Waals surface area contributed by atoms with Crippen LogP contribution in [0.1, 0.15) is 35.1 Å². The third-order valence-electron chi connectivity index (χ3n) is 2.50. The first-order valence-corrected chi connectivity index (χ1v) is 4.83. The number of nitrogens with one attached hydrogen (secondary N) is 1. The summed E-state index contributed by atoms with van der Waals surface area (Å²) in [4.78, 5) is 14.3. The van der Waals surface area contributed by atoms with Crippen molar-refractivity contribution < 1.29 is 14.6 Å². The molecule has 0 spiro atoms. The highest BCUT2D eigenvalue weighted by Crippen LogP contribution is 2.33. The van der Waals surface area contributed by atoms with E-state index in [9.17, 15) is 9.90 Å². The van der Waals surface area contributed by atoms with Crippen molar-refractivity contribution in [3.63, 3.8) is 0 Å². The van der Waals surface area contributed by atoms with E-state index < -0.39 is 5.97 Å². The van der Waals surface area contributed by atoms with Gasteiger partial charge in [0.1, 0.15) is 0 Å². The van der Waals surface area contributed by atoms with E-state index >= 15 is 0 Å². The number of rotatable bonds is 2. The summed E-state index contributed by atoms with van der Waals surface area (Å²) in [6.45, 7) is 2.06. The van der Waals surface area contributed by atoms with Gasteiger partial charge >= 0.3 is 5.97 Å². The number of carbonyl (C=O) groups excluding carboxylic acids is 1. The van der Waals surface area contributed by atoms with Gasteiger partial charge in [-0.25, -0.2) is 4.79 Å². The first-order chi connectivity index (χ1) is 6.74. The van der Waals surface area contributed by atoms with Gasteiger partial charge < -0.3 is 14.8 Å². The van der Waals surface area contributed by atoms with Crippen molar-refractivity contribution in [2.24, 2.45) is 0 Å². The van der Waals surface area contributed by atoms with Crippen LogP contribution in [0.25, 0.3) is 0 Å². The average Bonchev–Trinajstić information content (AvgIpc) is 2.69. The molecule has 0 aromatic carbocycles. The summed E-state index contributed by atoms with van der Waals surface area (Å²) >= 11 is 0. The molecule has 4 heteroatoms. The quantitative estimate of drug-likeness (QED) is 0.701. The number of esters is 1. The Morgan fingerprint density at radius 3 is 3.00 bits per heavy atom. The summed E-state index contributed by atoms with van der Waals surface area (Å²) in [5, 5.41) is 9.71. The monoisotopic (exact) mass is 195 g/mol. The number of aromatic hydroxyl groups is 1. The summed E-state index contributed by atoms with van der Waals surface area (Å²) < 4.78 is 4.82. The van der Waals surface area contributed by atoms with Gasteiger partial charge in [-0.1, -0.05) is 0 Å². The van der Waals surface area contributed by atoms with E-state index in [2.05, 4.69) is 4.98 Å². The highest BCUT2D eigenvalue weighted by molar-refractivity contribution is 5.91. The number of hydrogen-bond acceptors (Lipinski definition) is 3. The first-order valence-electron chi connectivity index (χ1n) is 4.83. The summed E-state index contributed by atoms with van der Waals surface area (Å²) in [6.07, 6.45) is 2.79. The Kier molecular flexibility index (Phi) is 2.19. The Hall–Kier alpha value is -1.45. The topological polar surface area (TPSA) is 62.3 Å². The van der Waals surface area contributed by atoms with Gasteiger partial charge in [0.05, 0.1) is 6.61 Å². The van der Waals surface area contributed by atoms with Gasteiger partial charge in [0.25, 0.3) is 0 Å². The lowest BCUT2D eigenvalue weighted by Gasteiger charge is -2.00. The maximum absolute atomic E-state index is 11.4. The van der Waals surface area contributed by atoms with Crippen LogP contribution in [0.4, 0.5) is 0 Å². The van der Waals surface area contributed by atoms with E-state index in [1.54, 1.807) is 6.92 Å². The van der Waals surface area contributed by atoms with E-state index in [-0.39, 0.29) is 11.4 Å². The number of hydrogen-bond donors (Lipinski definition) is 2. The fourth-order valence-corrected chi connectivity index (χ4v) is 1.85. The molecule has 2 N–H and O–H groups in total. The molecule has 0 fully saturated rings. The number of aryl methyl sites for hydroxylation is 1. The van der Waals surface area contributed by atoms with E-state index in [4.69, 9.17) is 4.74 Å². The molecular weight excluding hydrogens is 182 g/mol. The molecule has 0 amide bonds. The fourth-order valence-electron chi connectivity index (χ4n) is 1.85. The standard InChI is InChI=1S/C10H13NO3/c1-2-14-10(13)8-9(12)6-4-3-5-7(6)11-8/h11-12H,2-5H2,1H3. The van der Waals surface area contributed by atoms with Crippen molar-refractivity contribution >= 4 is 5.97 Å². The molecule has 1 aromatic heterocycles. The number of aromatic amines is 1. The second-order valence-electron chi connectivity index (χ2n) is 3.38. The predicted molar refractivity (Wildman–Crippen MR) is 50.4 cm³/mol. The molecule has 76 valence electrons. The van der Waals surface area contributed by atoms with Crippen LogP contribution in [0.5, 0.6) is 5.75 Å². The van der Waals surface area contributed by atoms with Gasteiger partial charge in [0.2, 0.25) is 0 Å². The lowest BCUT2D eigenvalue weighted by Crippen LogP contribution is -2.05. The van der Waals surface area contributed by atoms with Crippen molar-refractivity contribution in [3.8, 4) is 5.75 Å². The van der Waals surface area contributed by atoms with Crippen LogP contribution in [-0.2, 0) is 17.6 Å². The van der Waals surface area contributed by atoms with Crippen molar-refractivity contribution in [1.82, 2.24) is 4.98 Å². The Morgan fingerprint density at radius 1 is 1.57 bits per heavy atom. The lowest BCUT2D eigenvalue weighted by molar-refractivity contribution is 0.0516. The lowest BCUT2D eigenvalue weighted by atomic mass is 10.2. The van der Waals surface area contributed by atoms with Gasteiger partial charge in [-0.05, 0) is 26.2 Å². The molecule has 1 aromatic rings. The number of ether oxygens (including phenoxy) is 1. The molecule has 1 aliphatic carbocycles. The molecule has 1 aliphatic rings. The Morgan fingerprint density at radius 2 is 2.36 bits per heavy atom. The average molecular weight is 195 g/mol.